The Bertz CT molecular complexity index is 653. The van der Waals surface area contributed by atoms with E-state index in [1.807, 2.05) is 13.8 Å². The van der Waals surface area contributed by atoms with Gasteiger partial charge in [-0.05, 0) is 12.2 Å². The van der Waals surface area contributed by atoms with E-state index in [0.717, 1.165) is 0 Å². The minimum atomic E-state index is -0.460. The molecular formula is C16H20N6O2. The smallest absolute Gasteiger partial charge is 0.295 e. The van der Waals surface area contributed by atoms with Crippen LogP contribution in [0.4, 0.5) is 0 Å². The van der Waals surface area contributed by atoms with Gasteiger partial charge in [-0.2, -0.15) is 9.58 Å². The van der Waals surface area contributed by atoms with Gasteiger partial charge in [0.1, 0.15) is 0 Å². The number of hydrogen-bond acceptors (Lipinski definition) is 2. The van der Waals surface area contributed by atoms with Crippen molar-refractivity contribution in [1.29, 1.82) is 0 Å². The minimum absolute atomic E-state index is 0.450. The molecule has 2 aliphatic carbocycles. The molecule has 2 aliphatic rings. The highest BCUT2D eigenvalue weighted by molar-refractivity contribution is 6.02. The summed E-state index contributed by atoms with van der Waals surface area (Å²) < 4.78 is 0. The van der Waals surface area contributed by atoms with E-state index in [1.165, 1.54) is 12.2 Å². The van der Waals surface area contributed by atoms with E-state index in [1.54, 1.807) is 24.3 Å². The van der Waals surface area contributed by atoms with Crippen molar-refractivity contribution in [1.82, 2.24) is 0 Å². The third-order valence-corrected chi connectivity index (χ3v) is 2.80. The molecule has 0 aliphatic heterocycles. The lowest BCUT2D eigenvalue weighted by atomic mass is 10.1. The van der Waals surface area contributed by atoms with Crippen molar-refractivity contribution in [3.8, 4) is 0 Å². The fraction of sp³-hybridized carbons (Fsp3) is 0.250. The Kier molecular flexibility index (Phi) is 9.69. The fourth-order valence-electron chi connectivity index (χ4n) is 1.59. The summed E-state index contributed by atoms with van der Waals surface area (Å²) >= 11 is 0. The molecule has 0 saturated carbocycles. The number of hydrogen-bond donors (Lipinski definition) is 2. The van der Waals surface area contributed by atoms with Crippen LogP contribution in [0.1, 0.15) is 26.7 Å². The van der Waals surface area contributed by atoms with Gasteiger partial charge >= 0.3 is 0 Å². The van der Waals surface area contributed by atoms with Crippen LogP contribution in [0.5, 0.6) is 0 Å². The van der Waals surface area contributed by atoms with Gasteiger partial charge in [-0.15, -0.1) is 0 Å². The maximum absolute atomic E-state index is 10.5. The average molecular weight is 328 g/mol. The number of carbonyl (C=O) groups excluding carboxylic acids is 2. The summed E-state index contributed by atoms with van der Waals surface area (Å²) in [6.07, 6.45) is 10.3. The summed E-state index contributed by atoms with van der Waals surface area (Å²) in [7, 11) is 0. The number of primary amides is 2. The number of nitrogens with two attached hydrogens (primary N) is 2. The van der Waals surface area contributed by atoms with E-state index in [2.05, 4.69) is 9.58 Å². The molecule has 24 heavy (non-hydrogen) atoms. The van der Waals surface area contributed by atoms with Gasteiger partial charge in [0.2, 0.25) is 11.8 Å². The van der Waals surface area contributed by atoms with Crippen LogP contribution in [0.25, 0.3) is 11.1 Å². The molecule has 0 bridgehead atoms. The van der Waals surface area contributed by atoms with Gasteiger partial charge in [-0.25, -0.2) is 0 Å². The molecule has 2 amide bonds. The predicted octanol–water partition coefficient (Wildman–Crippen LogP) is 1.08. The number of carbonyl (C=O) groups is 2. The van der Waals surface area contributed by atoms with Crippen LogP contribution in [-0.2, 0) is 9.59 Å². The standard InChI is InChI=1S/2C7H7N3O.C2H6/c2*8-7(11)5-1-3-6(10-9)4-2-5;1-2/h2*1-3H,4H2,(H2,8,11);1-2H3. The SMILES string of the molecule is CC.[N-]=[N+]=C1C=CC(C(N)=O)=CC1.[N-]=[N+]=C1C=CC(C(N)=O)=CC1. The highest BCUT2D eigenvalue weighted by Gasteiger charge is 2.11. The quantitative estimate of drug-likeness (QED) is 0.574. The Labute approximate surface area is 140 Å². The summed E-state index contributed by atoms with van der Waals surface area (Å²) in [6.45, 7) is 4.00. The second kappa shape index (κ2) is 11.3. The molecule has 0 aromatic heterocycles. The predicted molar refractivity (Wildman–Crippen MR) is 90.7 cm³/mol. The number of amides is 2. The molecule has 0 atom stereocenters. The molecule has 4 N–H and O–H groups in total. The van der Waals surface area contributed by atoms with Crippen molar-refractivity contribution in [3.05, 3.63) is 58.7 Å². The van der Waals surface area contributed by atoms with Crippen LogP contribution in [0.2, 0.25) is 0 Å². The van der Waals surface area contributed by atoms with E-state index in [0.29, 0.717) is 35.4 Å². The number of allylic oxidation sites excluding steroid dienone is 4. The van der Waals surface area contributed by atoms with Gasteiger partial charge in [0.15, 0.2) is 0 Å². The van der Waals surface area contributed by atoms with Gasteiger partial charge in [0.25, 0.3) is 11.4 Å². The van der Waals surface area contributed by atoms with Gasteiger partial charge in [0.05, 0.1) is 12.8 Å². The van der Waals surface area contributed by atoms with E-state index in [9.17, 15) is 9.59 Å². The summed E-state index contributed by atoms with van der Waals surface area (Å²) in [5.74, 6) is -0.920. The number of nitrogens with zero attached hydrogens (tertiary/aromatic N) is 4. The first-order valence-corrected chi connectivity index (χ1v) is 7.26. The van der Waals surface area contributed by atoms with Crippen LogP contribution >= 0.6 is 0 Å². The van der Waals surface area contributed by atoms with Gasteiger partial charge in [0, 0.05) is 23.3 Å². The van der Waals surface area contributed by atoms with Crippen molar-refractivity contribution in [2.24, 2.45) is 11.5 Å². The first-order valence-electron chi connectivity index (χ1n) is 7.26. The molecule has 0 spiro atoms. The van der Waals surface area contributed by atoms with Crippen molar-refractivity contribution in [2.45, 2.75) is 26.7 Å². The summed E-state index contributed by atoms with van der Waals surface area (Å²) in [5.41, 5.74) is 28.6. The van der Waals surface area contributed by atoms with Gasteiger partial charge in [-0.1, -0.05) is 26.0 Å². The van der Waals surface area contributed by atoms with Crippen LogP contribution in [0, 0.1) is 0 Å². The maximum atomic E-state index is 10.5. The van der Waals surface area contributed by atoms with Crippen LogP contribution in [-0.4, -0.2) is 32.8 Å². The highest BCUT2D eigenvalue weighted by Crippen LogP contribution is 2.06. The zero-order chi connectivity index (χ0) is 18.5. The molecule has 8 heteroatoms. The third kappa shape index (κ3) is 7.09. The third-order valence-electron chi connectivity index (χ3n) is 2.80. The van der Waals surface area contributed by atoms with Crippen molar-refractivity contribution in [2.75, 3.05) is 0 Å². The zero-order valence-corrected chi connectivity index (χ0v) is 13.6. The molecular weight excluding hydrogens is 308 g/mol. The molecule has 0 unspecified atom stereocenters. The summed E-state index contributed by atoms with van der Waals surface area (Å²) in [6, 6.07) is 0. The molecule has 0 fully saturated rings. The Hall–Kier alpha value is -3.34. The first-order chi connectivity index (χ1) is 11.5. The van der Waals surface area contributed by atoms with E-state index < -0.39 is 11.8 Å². The Balaban J connectivity index is 0.000000400. The minimum Gasteiger partial charge on any atom is -0.366 e. The normalized spacial score (nSPS) is 14.6. The first kappa shape index (κ1) is 20.7. The lowest BCUT2D eigenvalue weighted by Gasteiger charge is -1.97. The average Bonchev–Trinajstić information content (AvgIpc) is 2.64. The Morgan fingerprint density at radius 3 is 1.33 bits per heavy atom. The van der Waals surface area contributed by atoms with Crippen LogP contribution < -0.4 is 11.5 Å². The highest BCUT2D eigenvalue weighted by atomic mass is 16.1. The molecule has 8 nitrogen and oxygen atoms in total. The summed E-state index contributed by atoms with van der Waals surface area (Å²) in [4.78, 5) is 27.0. The lowest BCUT2D eigenvalue weighted by Crippen LogP contribution is -2.15. The van der Waals surface area contributed by atoms with Crippen molar-refractivity contribution in [3.63, 3.8) is 0 Å². The monoisotopic (exact) mass is 328 g/mol. The number of rotatable bonds is 2. The van der Waals surface area contributed by atoms with Crippen molar-refractivity contribution < 1.29 is 19.2 Å². The molecule has 0 heterocycles. The molecule has 126 valence electrons. The molecule has 2 rings (SSSR count). The fourth-order valence-corrected chi connectivity index (χ4v) is 1.59. The second-order valence-electron chi connectivity index (χ2n) is 4.31. The molecule has 0 saturated heterocycles. The summed E-state index contributed by atoms with van der Waals surface area (Å²) in [5, 5.41) is 0. The van der Waals surface area contributed by atoms with Crippen molar-refractivity contribution >= 4 is 23.2 Å². The van der Waals surface area contributed by atoms with Crippen LogP contribution in [0.3, 0.4) is 0 Å². The van der Waals surface area contributed by atoms with Gasteiger partial charge < -0.3 is 22.5 Å². The molecule has 0 aromatic carbocycles. The van der Waals surface area contributed by atoms with Crippen LogP contribution in [0.15, 0.2) is 47.6 Å². The molecule has 0 aromatic rings. The van der Waals surface area contributed by atoms with Gasteiger partial charge in [-0.3, -0.25) is 9.59 Å². The van der Waals surface area contributed by atoms with E-state index >= 15 is 0 Å². The Morgan fingerprint density at radius 2 is 1.17 bits per heavy atom. The van der Waals surface area contributed by atoms with E-state index in [-0.39, 0.29) is 0 Å². The zero-order valence-electron chi connectivity index (χ0n) is 13.6. The Morgan fingerprint density at radius 1 is 0.833 bits per heavy atom. The second-order valence-corrected chi connectivity index (χ2v) is 4.31. The molecule has 0 radical (unpaired) electrons. The maximum Gasteiger partial charge on any atom is 0.295 e. The largest absolute Gasteiger partial charge is 0.366 e. The van der Waals surface area contributed by atoms with E-state index in [4.69, 9.17) is 22.5 Å². The lowest BCUT2D eigenvalue weighted by molar-refractivity contribution is -0.115. The topological polar surface area (TPSA) is 159 Å².